The van der Waals surface area contributed by atoms with Crippen LogP contribution in [-0.2, 0) is 0 Å². The van der Waals surface area contributed by atoms with Gasteiger partial charge >= 0.3 is 0 Å². The van der Waals surface area contributed by atoms with Gasteiger partial charge in [0, 0.05) is 43.1 Å². The Balaban J connectivity index is 1.65. The largest absolute Gasteiger partial charge is 0.494 e. The lowest BCUT2D eigenvalue weighted by Crippen LogP contribution is -2.46. The number of ether oxygens (including phenoxy) is 1. The molecule has 2 aromatic rings. The lowest BCUT2D eigenvalue weighted by molar-refractivity contribution is 0.102. The summed E-state index contributed by atoms with van der Waals surface area (Å²) in [6.07, 6.45) is 0.940. The van der Waals surface area contributed by atoms with E-state index in [0.717, 1.165) is 50.6 Å². The van der Waals surface area contributed by atoms with Crippen LogP contribution in [0.25, 0.3) is 0 Å². The number of benzene rings is 2. The van der Waals surface area contributed by atoms with Crippen molar-refractivity contribution in [2.24, 2.45) is 0 Å². The number of likely N-dealkylation sites (N-methyl/N-ethyl adjacent to an activating group) is 1. The van der Waals surface area contributed by atoms with Gasteiger partial charge in [-0.25, -0.2) is 0 Å². The highest BCUT2D eigenvalue weighted by Gasteiger charge is 2.17. The van der Waals surface area contributed by atoms with Gasteiger partial charge in [-0.05, 0) is 61.9 Å². The van der Waals surface area contributed by atoms with Crippen molar-refractivity contribution in [1.29, 1.82) is 0 Å². The quantitative estimate of drug-likeness (QED) is 0.782. The molecule has 0 radical (unpaired) electrons. The number of carbonyl (C=O) groups excluding carboxylic acids is 1. The van der Waals surface area contributed by atoms with Crippen molar-refractivity contribution in [3.05, 3.63) is 53.6 Å². The molecule has 0 spiro atoms. The van der Waals surface area contributed by atoms with Crippen LogP contribution >= 0.6 is 0 Å². The number of aryl methyl sites for hydroxylation is 1. The number of hydrogen-bond donors (Lipinski definition) is 1. The van der Waals surface area contributed by atoms with Crippen LogP contribution in [-0.4, -0.2) is 50.1 Å². The molecule has 1 heterocycles. The molecule has 0 saturated carbocycles. The van der Waals surface area contributed by atoms with Crippen LogP contribution in [0.5, 0.6) is 5.75 Å². The highest BCUT2D eigenvalue weighted by atomic mass is 16.5. The van der Waals surface area contributed by atoms with E-state index in [1.807, 2.05) is 24.3 Å². The van der Waals surface area contributed by atoms with E-state index in [9.17, 15) is 4.79 Å². The first kappa shape index (κ1) is 20.2. The van der Waals surface area contributed by atoms with Crippen LogP contribution in [0.4, 0.5) is 11.4 Å². The molecule has 0 aromatic heterocycles. The second kappa shape index (κ2) is 9.60. The molecule has 0 atom stereocenters. The lowest BCUT2D eigenvalue weighted by atomic mass is 10.1. The summed E-state index contributed by atoms with van der Waals surface area (Å²) in [5.74, 6) is 0.609. The number of piperazine rings is 1. The molecule has 5 heteroatoms. The third-order valence-corrected chi connectivity index (χ3v) is 5.18. The highest BCUT2D eigenvalue weighted by Crippen LogP contribution is 2.25. The summed E-state index contributed by atoms with van der Waals surface area (Å²) in [7, 11) is 0. The molecule has 0 aliphatic carbocycles. The van der Waals surface area contributed by atoms with Crippen LogP contribution in [0.1, 0.15) is 36.2 Å². The Morgan fingerprint density at radius 2 is 1.86 bits per heavy atom. The number of anilines is 2. The first-order valence-corrected chi connectivity index (χ1v) is 10.2. The second-order valence-electron chi connectivity index (χ2n) is 7.25. The maximum Gasteiger partial charge on any atom is 0.255 e. The Kier molecular flexibility index (Phi) is 6.93. The molecule has 1 saturated heterocycles. The van der Waals surface area contributed by atoms with E-state index in [4.69, 9.17) is 4.74 Å². The molecule has 28 heavy (non-hydrogen) atoms. The molecule has 1 aliphatic heterocycles. The predicted molar refractivity (Wildman–Crippen MR) is 116 cm³/mol. The number of hydrogen-bond acceptors (Lipinski definition) is 4. The minimum Gasteiger partial charge on any atom is -0.494 e. The van der Waals surface area contributed by atoms with Crippen LogP contribution in [0.15, 0.2) is 42.5 Å². The van der Waals surface area contributed by atoms with E-state index in [2.05, 4.69) is 48.0 Å². The average Bonchev–Trinajstić information content (AvgIpc) is 2.73. The fourth-order valence-electron chi connectivity index (χ4n) is 3.54. The van der Waals surface area contributed by atoms with Gasteiger partial charge in [0.1, 0.15) is 5.75 Å². The predicted octanol–water partition coefficient (Wildman–Crippen LogP) is 4.18. The minimum absolute atomic E-state index is 0.120. The number of amides is 1. The Hall–Kier alpha value is -2.53. The van der Waals surface area contributed by atoms with Gasteiger partial charge in [-0.15, -0.1) is 0 Å². The fraction of sp³-hybridized carbons (Fsp3) is 0.435. The molecule has 0 bridgehead atoms. The summed E-state index contributed by atoms with van der Waals surface area (Å²) >= 11 is 0. The van der Waals surface area contributed by atoms with Crippen molar-refractivity contribution < 1.29 is 9.53 Å². The van der Waals surface area contributed by atoms with Crippen molar-refractivity contribution in [2.75, 3.05) is 49.5 Å². The molecular weight excluding hydrogens is 350 g/mol. The summed E-state index contributed by atoms with van der Waals surface area (Å²) in [5, 5.41) is 3.01. The lowest BCUT2D eigenvalue weighted by Gasteiger charge is -2.36. The molecule has 150 valence electrons. The smallest absolute Gasteiger partial charge is 0.255 e. The van der Waals surface area contributed by atoms with E-state index in [-0.39, 0.29) is 5.91 Å². The van der Waals surface area contributed by atoms with Gasteiger partial charge in [0.25, 0.3) is 5.91 Å². The molecule has 3 rings (SSSR count). The molecule has 1 amide bonds. The van der Waals surface area contributed by atoms with Gasteiger partial charge in [0.2, 0.25) is 0 Å². The maximum absolute atomic E-state index is 12.6. The van der Waals surface area contributed by atoms with E-state index in [1.165, 1.54) is 11.3 Å². The summed E-state index contributed by atoms with van der Waals surface area (Å²) < 4.78 is 5.62. The third-order valence-electron chi connectivity index (χ3n) is 5.18. The molecule has 5 nitrogen and oxygen atoms in total. The van der Waals surface area contributed by atoms with E-state index in [0.29, 0.717) is 12.2 Å². The zero-order valence-corrected chi connectivity index (χ0v) is 17.2. The van der Waals surface area contributed by atoms with E-state index >= 15 is 0 Å². The van der Waals surface area contributed by atoms with E-state index in [1.54, 1.807) is 6.07 Å². The number of nitrogens with zero attached hydrogens (tertiary/aromatic N) is 2. The molecule has 2 aromatic carbocycles. The number of carbonyl (C=O) groups is 1. The second-order valence-corrected chi connectivity index (χ2v) is 7.25. The Morgan fingerprint density at radius 1 is 1.07 bits per heavy atom. The fourth-order valence-corrected chi connectivity index (χ4v) is 3.54. The third kappa shape index (κ3) is 5.04. The summed E-state index contributed by atoms with van der Waals surface area (Å²) in [6, 6.07) is 13.5. The van der Waals surface area contributed by atoms with Crippen LogP contribution < -0.4 is 15.0 Å². The van der Waals surface area contributed by atoms with Crippen LogP contribution in [0, 0.1) is 6.92 Å². The highest BCUT2D eigenvalue weighted by molar-refractivity contribution is 6.04. The molecule has 0 unspecified atom stereocenters. The Morgan fingerprint density at radius 3 is 2.54 bits per heavy atom. The first-order chi connectivity index (χ1) is 13.6. The topological polar surface area (TPSA) is 44.8 Å². The molecular formula is C23H31N3O2. The average molecular weight is 382 g/mol. The van der Waals surface area contributed by atoms with E-state index < -0.39 is 0 Å². The SMILES string of the molecule is CCCOc1cccc(C(=O)Nc2ccc(N3CCN(CC)CC3)c(C)c2)c1. The summed E-state index contributed by atoms with van der Waals surface area (Å²) in [4.78, 5) is 17.5. The van der Waals surface area contributed by atoms with Gasteiger partial charge in [-0.2, -0.15) is 0 Å². The summed E-state index contributed by atoms with van der Waals surface area (Å²) in [6.45, 7) is 12.4. The van der Waals surface area contributed by atoms with Gasteiger partial charge in [0.05, 0.1) is 6.61 Å². The maximum atomic E-state index is 12.6. The first-order valence-electron chi connectivity index (χ1n) is 10.2. The van der Waals surface area contributed by atoms with Crippen molar-refractivity contribution >= 4 is 17.3 Å². The van der Waals surface area contributed by atoms with Crippen molar-refractivity contribution in [2.45, 2.75) is 27.2 Å². The normalized spacial score (nSPS) is 14.8. The van der Waals surface area contributed by atoms with Gasteiger partial charge in [0.15, 0.2) is 0 Å². The van der Waals surface area contributed by atoms with Gasteiger partial charge < -0.3 is 19.9 Å². The van der Waals surface area contributed by atoms with Crippen molar-refractivity contribution in [3.8, 4) is 5.75 Å². The zero-order chi connectivity index (χ0) is 19.9. The molecule has 1 N–H and O–H groups in total. The monoisotopic (exact) mass is 381 g/mol. The zero-order valence-electron chi connectivity index (χ0n) is 17.2. The standard InChI is InChI=1S/C23H31N3O2/c1-4-15-28-21-8-6-7-19(17-21)23(27)24-20-9-10-22(18(3)16-20)26-13-11-25(5-2)12-14-26/h6-10,16-17H,4-5,11-15H2,1-3H3,(H,24,27). The van der Waals surface area contributed by atoms with Crippen LogP contribution in [0.3, 0.4) is 0 Å². The number of nitrogens with one attached hydrogen (secondary N) is 1. The van der Waals surface area contributed by atoms with Crippen LogP contribution in [0.2, 0.25) is 0 Å². The van der Waals surface area contributed by atoms with Crippen molar-refractivity contribution in [3.63, 3.8) is 0 Å². The van der Waals surface area contributed by atoms with Gasteiger partial charge in [-0.1, -0.05) is 19.9 Å². The minimum atomic E-state index is -0.120. The Bertz CT molecular complexity index is 798. The Labute approximate surface area is 168 Å². The number of rotatable bonds is 7. The van der Waals surface area contributed by atoms with Gasteiger partial charge in [-0.3, -0.25) is 4.79 Å². The molecule has 1 aliphatic rings. The summed E-state index contributed by atoms with van der Waals surface area (Å²) in [5.41, 5.74) is 3.86. The van der Waals surface area contributed by atoms with Crippen molar-refractivity contribution in [1.82, 2.24) is 4.90 Å². The molecule has 1 fully saturated rings.